The first-order valence-electron chi connectivity index (χ1n) is 12.2. The number of hydrogen-bond acceptors (Lipinski definition) is 12. The second-order valence-electron chi connectivity index (χ2n) is 9.09. The van der Waals surface area contributed by atoms with Gasteiger partial charge in [-0.3, -0.25) is 9.36 Å². The molecule has 1 aromatic carbocycles. The number of benzene rings is 1. The first-order valence-corrected chi connectivity index (χ1v) is 14.8. The lowest BCUT2D eigenvalue weighted by molar-refractivity contribution is -0.202. The summed E-state index contributed by atoms with van der Waals surface area (Å²) >= 11 is 5.56. The SMILES string of the molecule is CCOC(=O)[C@H](C)N[P@](=S)(OC[C@@]1(F)O[C@@H](n2cnc3c(NC)nc(N)nc32)[C@](C)(F)[C@@H]1O)Oc1ccccc1. The van der Waals surface area contributed by atoms with Gasteiger partial charge in [0.05, 0.1) is 12.9 Å². The number of anilines is 2. The number of carbonyl (C=O) groups excluding carboxylic acids is 1. The van der Waals surface area contributed by atoms with Crippen molar-refractivity contribution in [2.24, 2.45) is 0 Å². The second-order valence-corrected chi connectivity index (χ2v) is 12.2. The lowest BCUT2D eigenvalue weighted by Gasteiger charge is -2.30. The van der Waals surface area contributed by atoms with Gasteiger partial charge in [0.2, 0.25) is 5.95 Å². The molecular formula is C23H30F2N7O6PS. The summed E-state index contributed by atoms with van der Waals surface area (Å²) in [5, 5.41) is 16.3. The van der Waals surface area contributed by atoms with Gasteiger partial charge in [-0.05, 0) is 44.7 Å². The molecule has 0 spiro atoms. The van der Waals surface area contributed by atoms with E-state index in [0.29, 0.717) is 0 Å². The number of aliphatic hydroxyl groups is 1. The fourth-order valence-corrected chi connectivity index (χ4v) is 6.48. The molecule has 5 N–H and O–H groups in total. The number of nitrogens with one attached hydrogen (secondary N) is 2. The van der Waals surface area contributed by atoms with Gasteiger partial charge >= 0.3 is 12.6 Å². The number of rotatable bonds is 11. The van der Waals surface area contributed by atoms with Crippen molar-refractivity contribution in [3.63, 3.8) is 0 Å². The molecule has 6 atom stereocenters. The maximum atomic E-state index is 16.2. The van der Waals surface area contributed by atoms with Crippen molar-refractivity contribution in [2.75, 3.05) is 31.3 Å². The van der Waals surface area contributed by atoms with E-state index in [-0.39, 0.29) is 35.3 Å². The van der Waals surface area contributed by atoms with Crippen LogP contribution in [0.5, 0.6) is 5.75 Å². The number of halogens is 2. The molecule has 0 saturated carbocycles. The molecule has 17 heteroatoms. The Balaban J connectivity index is 1.61. The van der Waals surface area contributed by atoms with Gasteiger partial charge in [0.1, 0.15) is 18.4 Å². The van der Waals surface area contributed by atoms with Gasteiger partial charge in [0, 0.05) is 7.05 Å². The molecule has 0 radical (unpaired) electrons. The molecule has 3 aromatic rings. The van der Waals surface area contributed by atoms with Crippen molar-refractivity contribution in [1.82, 2.24) is 24.6 Å². The molecule has 4 rings (SSSR count). The van der Waals surface area contributed by atoms with Crippen LogP contribution >= 0.6 is 6.64 Å². The molecular weight excluding hydrogens is 571 g/mol. The van der Waals surface area contributed by atoms with E-state index < -0.39 is 49.1 Å². The third-order valence-electron chi connectivity index (χ3n) is 6.05. The van der Waals surface area contributed by atoms with E-state index in [2.05, 4.69) is 25.4 Å². The summed E-state index contributed by atoms with van der Waals surface area (Å²) < 4.78 is 55.2. The third-order valence-corrected chi connectivity index (χ3v) is 8.53. The lowest BCUT2D eigenvalue weighted by atomic mass is 9.97. The van der Waals surface area contributed by atoms with Gasteiger partial charge in [-0.25, -0.2) is 18.9 Å². The van der Waals surface area contributed by atoms with Crippen LogP contribution in [0.3, 0.4) is 0 Å². The minimum atomic E-state index is -3.71. The van der Waals surface area contributed by atoms with Crippen molar-refractivity contribution in [3.05, 3.63) is 36.7 Å². The molecule has 1 aliphatic rings. The van der Waals surface area contributed by atoms with E-state index in [1.807, 2.05) is 0 Å². The molecule has 218 valence electrons. The second kappa shape index (κ2) is 11.5. The van der Waals surface area contributed by atoms with E-state index in [4.69, 9.17) is 36.1 Å². The molecule has 3 heterocycles. The minimum absolute atomic E-state index is 0.0468. The Morgan fingerprint density at radius 2 is 2.05 bits per heavy atom. The molecule has 1 fully saturated rings. The highest BCUT2D eigenvalue weighted by Gasteiger charge is 2.65. The van der Waals surface area contributed by atoms with E-state index >= 15 is 8.78 Å². The standard InChI is InChI=1S/C23H30F2N7O6PS/c1-5-35-18(33)13(2)31-39(40,38-14-9-7-6-8-10-14)36-11-23(25)19(34)22(3,24)20(37-23)32-12-28-15-16(27-4)29-21(26)30-17(15)32/h6-10,12-13,19-20,34H,5,11H2,1-4H3,(H,31,40)(H3,26,27,29,30)/t13-,19-,20+,22+,23+,39-/m0/s1. The Hall–Kier alpha value is -3.01. The lowest BCUT2D eigenvalue weighted by Crippen LogP contribution is -2.47. The van der Waals surface area contributed by atoms with Crippen LogP contribution < -0.4 is 20.7 Å². The quantitative estimate of drug-likeness (QED) is 0.187. The largest absolute Gasteiger partial charge is 0.465 e. The molecule has 1 aliphatic heterocycles. The van der Waals surface area contributed by atoms with Crippen LogP contribution in [0.25, 0.3) is 11.2 Å². The molecule has 2 aromatic heterocycles. The highest BCUT2D eigenvalue weighted by molar-refractivity contribution is 8.09. The zero-order valence-corrected chi connectivity index (χ0v) is 23.8. The maximum absolute atomic E-state index is 16.2. The number of ether oxygens (including phenoxy) is 2. The van der Waals surface area contributed by atoms with E-state index in [0.717, 1.165) is 11.5 Å². The van der Waals surface area contributed by atoms with Crippen molar-refractivity contribution in [3.8, 4) is 5.75 Å². The van der Waals surface area contributed by atoms with Crippen LogP contribution in [0.1, 0.15) is 27.0 Å². The van der Waals surface area contributed by atoms with Gasteiger partial charge in [-0.1, -0.05) is 18.2 Å². The zero-order valence-electron chi connectivity index (χ0n) is 22.1. The summed E-state index contributed by atoms with van der Waals surface area (Å²) in [6.45, 7) is -0.573. The first kappa shape index (κ1) is 30.0. The number of esters is 1. The molecule has 0 aliphatic carbocycles. The van der Waals surface area contributed by atoms with Gasteiger partial charge in [-0.2, -0.15) is 9.97 Å². The summed E-state index contributed by atoms with van der Waals surface area (Å²) in [5.41, 5.74) is 3.35. The normalized spacial score (nSPS) is 26.8. The maximum Gasteiger partial charge on any atom is 0.323 e. The number of carbonyl (C=O) groups is 1. The molecule has 13 nitrogen and oxygen atoms in total. The average molecular weight is 602 g/mol. The van der Waals surface area contributed by atoms with Crippen molar-refractivity contribution in [1.29, 1.82) is 0 Å². The summed E-state index contributed by atoms with van der Waals surface area (Å²) in [6, 6.07) is 7.26. The topological polar surface area (TPSA) is 168 Å². The molecule has 0 bridgehead atoms. The number of fused-ring (bicyclic) bond motifs is 1. The summed E-state index contributed by atoms with van der Waals surface area (Å²) in [6.07, 6.45) is -2.90. The number of hydrogen-bond donors (Lipinski definition) is 4. The Labute approximate surface area is 233 Å². The first-order chi connectivity index (χ1) is 18.8. The van der Waals surface area contributed by atoms with Gasteiger partial charge in [0.15, 0.2) is 35.0 Å². The zero-order chi connectivity index (χ0) is 29.3. The summed E-state index contributed by atoms with van der Waals surface area (Å²) in [5.74, 6) is -3.36. The van der Waals surface area contributed by atoms with Crippen LogP contribution in [0.4, 0.5) is 20.5 Å². The number of para-hydroxylation sites is 1. The van der Waals surface area contributed by atoms with Crippen LogP contribution in [0.15, 0.2) is 36.7 Å². The Morgan fingerprint density at radius 3 is 2.70 bits per heavy atom. The van der Waals surface area contributed by atoms with Crippen LogP contribution in [0, 0.1) is 0 Å². The van der Waals surface area contributed by atoms with Crippen molar-refractivity contribution in [2.45, 2.75) is 50.7 Å². The number of nitrogen functional groups attached to an aromatic ring is 1. The van der Waals surface area contributed by atoms with E-state index in [1.165, 1.54) is 13.3 Å². The average Bonchev–Trinajstić information content (AvgIpc) is 3.40. The highest BCUT2D eigenvalue weighted by atomic mass is 32.5. The van der Waals surface area contributed by atoms with Crippen LogP contribution in [0.2, 0.25) is 0 Å². The molecule has 40 heavy (non-hydrogen) atoms. The number of aliphatic hydroxyl groups excluding tert-OH is 1. The van der Waals surface area contributed by atoms with Crippen LogP contribution in [-0.2, 0) is 30.6 Å². The summed E-state index contributed by atoms with van der Waals surface area (Å²) in [7, 11) is 1.58. The fourth-order valence-electron chi connectivity index (χ4n) is 4.08. The van der Waals surface area contributed by atoms with Gasteiger partial charge in [0.25, 0.3) is 5.85 Å². The third kappa shape index (κ3) is 5.87. The van der Waals surface area contributed by atoms with Gasteiger partial charge < -0.3 is 34.7 Å². The number of nitrogens with zero attached hydrogens (tertiary/aromatic N) is 4. The minimum Gasteiger partial charge on any atom is -0.465 e. The highest BCUT2D eigenvalue weighted by Crippen LogP contribution is 2.52. The van der Waals surface area contributed by atoms with Crippen molar-refractivity contribution < 1.29 is 37.2 Å². The molecule has 0 amide bonds. The van der Waals surface area contributed by atoms with E-state index in [9.17, 15) is 9.90 Å². The predicted molar refractivity (Wildman–Crippen MR) is 145 cm³/mol. The van der Waals surface area contributed by atoms with Crippen LogP contribution in [-0.4, -0.2) is 74.5 Å². The number of imidazole rings is 1. The van der Waals surface area contributed by atoms with Crippen molar-refractivity contribution >= 4 is 47.3 Å². The number of alkyl halides is 2. The number of nitrogens with two attached hydrogens (primary N) is 1. The fraction of sp³-hybridized carbons (Fsp3) is 0.478. The smallest absolute Gasteiger partial charge is 0.323 e. The van der Waals surface area contributed by atoms with Gasteiger partial charge in [-0.15, -0.1) is 0 Å². The Bertz CT molecular complexity index is 1420. The summed E-state index contributed by atoms with van der Waals surface area (Å²) in [4.78, 5) is 24.5. The number of aromatic nitrogens is 4. The monoisotopic (exact) mass is 601 g/mol. The van der Waals surface area contributed by atoms with E-state index in [1.54, 1.807) is 44.3 Å². The predicted octanol–water partition coefficient (Wildman–Crippen LogP) is 2.60. The molecule has 1 saturated heterocycles. The molecule has 0 unspecified atom stereocenters. The Morgan fingerprint density at radius 1 is 1.35 bits per heavy atom. The Kier molecular flexibility index (Phi) is 8.59.